The molecule has 0 aromatic heterocycles. The maximum atomic E-state index is 11.9. The van der Waals surface area contributed by atoms with Crippen molar-refractivity contribution < 1.29 is 34.2 Å². The van der Waals surface area contributed by atoms with Crippen molar-refractivity contribution in [2.24, 2.45) is 17.8 Å². The highest BCUT2D eigenvalue weighted by Gasteiger charge is 2.40. The Morgan fingerprint density at radius 3 is 1.24 bits per heavy atom. The molecule has 0 amide bonds. The smallest absolute Gasteiger partial charge is 0.312 e. The van der Waals surface area contributed by atoms with Crippen LogP contribution in [0.1, 0.15) is 124 Å². The minimum Gasteiger partial charge on any atom is -0.481 e. The summed E-state index contributed by atoms with van der Waals surface area (Å²) in [7, 11) is 0. The summed E-state index contributed by atoms with van der Waals surface area (Å²) in [6.45, 7) is 9.02. The number of carboxylic acids is 3. The lowest BCUT2D eigenvalue weighted by Gasteiger charge is -2.43. The van der Waals surface area contributed by atoms with E-state index in [1.807, 2.05) is 20.8 Å². The lowest BCUT2D eigenvalue weighted by molar-refractivity contribution is -0.934. The highest BCUT2D eigenvalue weighted by molar-refractivity contribution is 5.71. The molecule has 0 saturated carbocycles. The van der Waals surface area contributed by atoms with Crippen molar-refractivity contribution in [3.05, 3.63) is 12.2 Å². The van der Waals surface area contributed by atoms with E-state index in [9.17, 15) is 29.7 Å². The monoisotopic (exact) mass is 540 g/mol. The zero-order valence-corrected chi connectivity index (χ0v) is 24.8. The van der Waals surface area contributed by atoms with Gasteiger partial charge in [-0.15, -0.1) is 0 Å². The number of hydrogen-bond acceptors (Lipinski definition) is 3. The molecule has 0 heterocycles. The average molecular weight is 541 g/mol. The zero-order valence-electron chi connectivity index (χ0n) is 24.8. The molecule has 0 aromatic carbocycles. The van der Waals surface area contributed by atoms with Gasteiger partial charge in [0.25, 0.3) is 0 Å². The van der Waals surface area contributed by atoms with Crippen molar-refractivity contribution >= 4 is 17.9 Å². The molecule has 0 rings (SSSR count). The lowest BCUT2D eigenvalue weighted by Crippen LogP contribution is -2.58. The highest BCUT2D eigenvalue weighted by Crippen LogP contribution is 2.24. The van der Waals surface area contributed by atoms with E-state index in [1.165, 1.54) is 57.8 Å². The van der Waals surface area contributed by atoms with Crippen molar-refractivity contribution in [1.29, 1.82) is 0 Å². The molecule has 3 unspecified atom stereocenters. The van der Waals surface area contributed by atoms with Crippen LogP contribution in [0, 0.1) is 17.8 Å². The molecule has 222 valence electrons. The standard InChI is InChI=1S/C31H57NO6/c1-5-9-10-11-12-13-14-15-16-17-18-19-20-21-22-32(23-26(6-2)29(33)34,24-27(7-3)30(35)36)25-28(8-4)31(37)38/h19-20,26-28H,5-18,21-25H2,1-4H3,(H2-,33,34,35,36,37,38)/p+1/b20-19+. The fourth-order valence-corrected chi connectivity index (χ4v) is 5.38. The summed E-state index contributed by atoms with van der Waals surface area (Å²) >= 11 is 0. The van der Waals surface area contributed by atoms with Gasteiger partial charge in [-0.1, -0.05) is 97.6 Å². The van der Waals surface area contributed by atoms with Crippen LogP contribution in [0.15, 0.2) is 12.2 Å². The molecule has 0 aliphatic rings. The molecule has 0 aromatic rings. The van der Waals surface area contributed by atoms with E-state index < -0.39 is 35.7 Å². The van der Waals surface area contributed by atoms with Gasteiger partial charge in [-0.05, 0) is 32.1 Å². The minimum absolute atomic E-state index is 0.211. The molecule has 0 saturated heterocycles. The highest BCUT2D eigenvalue weighted by atomic mass is 16.4. The van der Waals surface area contributed by atoms with Crippen LogP contribution in [0.5, 0.6) is 0 Å². The summed E-state index contributed by atoms with van der Waals surface area (Å²) in [5.41, 5.74) is 0. The second-order valence-corrected chi connectivity index (χ2v) is 11.2. The van der Waals surface area contributed by atoms with E-state index in [4.69, 9.17) is 0 Å². The number of unbranched alkanes of at least 4 members (excludes halogenated alkanes) is 10. The van der Waals surface area contributed by atoms with E-state index in [1.54, 1.807) is 0 Å². The summed E-state index contributed by atoms with van der Waals surface area (Å²) in [6, 6.07) is 0. The zero-order chi connectivity index (χ0) is 28.8. The second kappa shape index (κ2) is 22.0. The molecular weight excluding hydrogens is 482 g/mol. The maximum Gasteiger partial charge on any atom is 0.312 e. The third-order valence-corrected chi connectivity index (χ3v) is 8.01. The van der Waals surface area contributed by atoms with Crippen molar-refractivity contribution in [3.8, 4) is 0 Å². The number of allylic oxidation sites excluding steroid dienone is 1. The van der Waals surface area contributed by atoms with E-state index in [-0.39, 0.29) is 24.1 Å². The van der Waals surface area contributed by atoms with Gasteiger partial charge in [-0.2, -0.15) is 0 Å². The molecule has 0 bridgehead atoms. The Hall–Kier alpha value is -1.89. The van der Waals surface area contributed by atoms with Crippen LogP contribution in [-0.4, -0.2) is 63.9 Å². The Morgan fingerprint density at radius 2 is 0.895 bits per heavy atom. The third-order valence-electron chi connectivity index (χ3n) is 8.01. The van der Waals surface area contributed by atoms with E-state index in [0.29, 0.717) is 32.2 Å². The van der Waals surface area contributed by atoms with Gasteiger partial charge in [0.2, 0.25) is 0 Å². The Bertz CT molecular complexity index is 617. The van der Waals surface area contributed by atoms with Crippen LogP contribution < -0.4 is 0 Å². The fourth-order valence-electron chi connectivity index (χ4n) is 5.38. The molecule has 0 radical (unpaired) electrons. The molecule has 38 heavy (non-hydrogen) atoms. The predicted molar refractivity (Wildman–Crippen MR) is 154 cm³/mol. The average Bonchev–Trinajstić information content (AvgIpc) is 2.88. The van der Waals surface area contributed by atoms with Crippen LogP contribution in [0.3, 0.4) is 0 Å². The Morgan fingerprint density at radius 1 is 0.553 bits per heavy atom. The number of aliphatic carboxylic acids is 3. The molecule has 0 aliphatic carbocycles. The van der Waals surface area contributed by atoms with Gasteiger partial charge in [0.15, 0.2) is 0 Å². The molecule has 3 atom stereocenters. The van der Waals surface area contributed by atoms with Gasteiger partial charge in [-0.25, -0.2) is 0 Å². The Labute approximate surface area is 232 Å². The van der Waals surface area contributed by atoms with E-state index in [2.05, 4.69) is 19.1 Å². The summed E-state index contributed by atoms with van der Waals surface area (Å²) in [4.78, 5) is 35.8. The number of nitrogens with zero attached hydrogens (tertiary/aromatic N) is 1. The first-order valence-electron chi connectivity index (χ1n) is 15.3. The Kier molecular flexibility index (Phi) is 20.9. The molecule has 7 heteroatoms. The molecular formula is C31H58NO6+. The summed E-state index contributed by atoms with van der Waals surface area (Å²) in [5.74, 6) is -4.62. The van der Waals surface area contributed by atoms with Crippen LogP contribution in [-0.2, 0) is 14.4 Å². The minimum atomic E-state index is -0.904. The van der Waals surface area contributed by atoms with E-state index >= 15 is 0 Å². The quantitative estimate of drug-likeness (QED) is 0.0599. The SMILES string of the molecule is CCCCCCCCCCCC/C=C/CC[N+](CC(CC)C(=O)O)(CC(CC)C(=O)O)CC(CC)C(=O)O. The van der Waals surface area contributed by atoms with Gasteiger partial charge in [-0.3, -0.25) is 14.4 Å². The van der Waals surface area contributed by atoms with Crippen LogP contribution in [0.25, 0.3) is 0 Å². The van der Waals surface area contributed by atoms with Gasteiger partial charge in [0, 0.05) is 6.42 Å². The number of carboxylic acid groups (broad SMARTS) is 3. The predicted octanol–water partition coefficient (Wildman–Crippen LogP) is 7.39. The largest absolute Gasteiger partial charge is 0.481 e. The van der Waals surface area contributed by atoms with Crippen LogP contribution in [0.4, 0.5) is 0 Å². The molecule has 0 fully saturated rings. The van der Waals surface area contributed by atoms with Gasteiger partial charge >= 0.3 is 17.9 Å². The molecule has 0 aliphatic heterocycles. The van der Waals surface area contributed by atoms with Crippen molar-refractivity contribution in [2.45, 2.75) is 124 Å². The Balaban J connectivity index is 5.14. The first-order valence-corrected chi connectivity index (χ1v) is 15.3. The normalized spacial score (nSPS) is 15.7. The number of rotatable bonds is 26. The number of quaternary nitrogens is 1. The third kappa shape index (κ3) is 16.2. The first-order chi connectivity index (χ1) is 18.2. The molecule has 3 N–H and O–H groups in total. The topological polar surface area (TPSA) is 112 Å². The summed E-state index contributed by atoms with van der Waals surface area (Å²) < 4.78 is 0.211. The summed E-state index contributed by atoms with van der Waals surface area (Å²) in [5, 5.41) is 29.3. The fraction of sp³-hybridized carbons (Fsp3) is 0.839. The second-order valence-electron chi connectivity index (χ2n) is 11.2. The van der Waals surface area contributed by atoms with Gasteiger partial charge in [0.05, 0.1) is 26.2 Å². The van der Waals surface area contributed by atoms with Crippen LogP contribution in [0.2, 0.25) is 0 Å². The maximum absolute atomic E-state index is 11.9. The van der Waals surface area contributed by atoms with Crippen LogP contribution >= 0.6 is 0 Å². The van der Waals surface area contributed by atoms with E-state index in [0.717, 1.165) is 12.8 Å². The van der Waals surface area contributed by atoms with Crippen molar-refractivity contribution in [1.82, 2.24) is 0 Å². The number of carbonyl (C=O) groups is 3. The van der Waals surface area contributed by atoms with Gasteiger partial charge in [0.1, 0.15) is 17.8 Å². The first kappa shape index (κ1) is 36.1. The molecule has 0 spiro atoms. The van der Waals surface area contributed by atoms with Gasteiger partial charge < -0.3 is 19.8 Å². The van der Waals surface area contributed by atoms with Crippen molar-refractivity contribution in [2.75, 3.05) is 26.2 Å². The summed E-state index contributed by atoms with van der Waals surface area (Å²) in [6.07, 6.45) is 20.3. The number of hydrogen-bond donors (Lipinski definition) is 3. The molecule has 7 nitrogen and oxygen atoms in total. The van der Waals surface area contributed by atoms with Crippen molar-refractivity contribution in [3.63, 3.8) is 0 Å². The lowest BCUT2D eigenvalue weighted by atomic mass is 9.96.